The van der Waals surface area contributed by atoms with E-state index >= 15 is 0 Å². The number of nitrogens with one attached hydrogen (secondary N) is 1. The van der Waals surface area contributed by atoms with Crippen LogP contribution >= 0.6 is 11.6 Å². The molecule has 1 heterocycles. The number of carbonyl (C=O) groups excluding carboxylic acids is 2. The van der Waals surface area contributed by atoms with Gasteiger partial charge in [-0.1, -0.05) is 0 Å². The second-order valence-electron chi connectivity index (χ2n) is 4.01. The lowest BCUT2D eigenvalue weighted by molar-refractivity contribution is -0.142. The van der Waals surface area contributed by atoms with Gasteiger partial charge >= 0.3 is 0 Å². The van der Waals surface area contributed by atoms with Gasteiger partial charge in [0.25, 0.3) is 0 Å². The van der Waals surface area contributed by atoms with E-state index in [-0.39, 0.29) is 17.9 Å². The normalized spacial score (nSPS) is 20.6. The van der Waals surface area contributed by atoms with Crippen molar-refractivity contribution in [3.05, 3.63) is 0 Å². The van der Waals surface area contributed by atoms with Crippen LogP contribution in [0.1, 0.15) is 32.1 Å². The number of likely N-dealkylation sites (tertiary alicyclic amines) is 1. The highest BCUT2D eigenvalue weighted by Gasteiger charge is 2.30. The van der Waals surface area contributed by atoms with Gasteiger partial charge in [0.1, 0.15) is 6.04 Å². The molecular weight excluding hydrogens is 228 g/mol. The molecule has 1 fully saturated rings. The van der Waals surface area contributed by atoms with Crippen LogP contribution in [0.15, 0.2) is 0 Å². The highest BCUT2D eigenvalue weighted by molar-refractivity contribution is 6.17. The van der Waals surface area contributed by atoms with E-state index in [4.69, 9.17) is 11.6 Å². The van der Waals surface area contributed by atoms with Crippen molar-refractivity contribution in [1.82, 2.24) is 10.2 Å². The van der Waals surface area contributed by atoms with Crippen molar-refractivity contribution in [2.75, 3.05) is 19.5 Å². The third-order valence-electron chi connectivity index (χ3n) is 2.90. The molecule has 1 unspecified atom stereocenters. The van der Waals surface area contributed by atoms with Gasteiger partial charge in [-0.15, -0.1) is 11.6 Å². The average molecular weight is 247 g/mol. The Morgan fingerprint density at radius 1 is 1.44 bits per heavy atom. The summed E-state index contributed by atoms with van der Waals surface area (Å²) in [6, 6.07) is -0.276. The van der Waals surface area contributed by atoms with Crippen molar-refractivity contribution >= 4 is 23.4 Å². The third kappa shape index (κ3) is 3.37. The lowest BCUT2D eigenvalue weighted by Gasteiger charge is -2.34. The van der Waals surface area contributed by atoms with E-state index in [1.54, 1.807) is 11.9 Å². The van der Waals surface area contributed by atoms with Gasteiger partial charge in [0.2, 0.25) is 11.8 Å². The quantitative estimate of drug-likeness (QED) is 0.756. The van der Waals surface area contributed by atoms with Gasteiger partial charge in [-0.2, -0.15) is 0 Å². The van der Waals surface area contributed by atoms with Gasteiger partial charge in [-0.3, -0.25) is 9.59 Å². The summed E-state index contributed by atoms with van der Waals surface area (Å²) >= 11 is 5.56. The summed E-state index contributed by atoms with van der Waals surface area (Å²) in [6.45, 7) is 0.694. The zero-order chi connectivity index (χ0) is 12.0. The van der Waals surface area contributed by atoms with E-state index in [0.717, 1.165) is 19.3 Å². The first-order valence-corrected chi connectivity index (χ1v) is 6.31. The number of hydrogen-bond donors (Lipinski definition) is 1. The first kappa shape index (κ1) is 13.3. The van der Waals surface area contributed by atoms with E-state index < -0.39 is 0 Å². The van der Waals surface area contributed by atoms with Crippen LogP contribution in [0.4, 0.5) is 0 Å². The maximum atomic E-state index is 11.9. The summed E-state index contributed by atoms with van der Waals surface area (Å²) in [6.07, 6.45) is 3.89. The molecule has 0 spiro atoms. The van der Waals surface area contributed by atoms with Gasteiger partial charge in [0.05, 0.1) is 0 Å². The van der Waals surface area contributed by atoms with Crippen molar-refractivity contribution in [2.24, 2.45) is 0 Å². The number of rotatable bonds is 4. The lowest BCUT2D eigenvalue weighted by atomic mass is 10.0. The highest BCUT2D eigenvalue weighted by atomic mass is 35.5. The van der Waals surface area contributed by atoms with Crippen LogP contribution in [-0.2, 0) is 9.59 Å². The molecule has 0 radical (unpaired) electrons. The number of piperidine rings is 1. The molecule has 92 valence electrons. The molecule has 0 aromatic rings. The summed E-state index contributed by atoms with van der Waals surface area (Å²) in [4.78, 5) is 25.2. The minimum atomic E-state index is -0.276. The van der Waals surface area contributed by atoms with E-state index in [1.807, 2.05) is 0 Å². The predicted molar refractivity (Wildman–Crippen MR) is 63.4 cm³/mol. The molecule has 0 aliphatic carbocycles. The Labute approximate surface area is 101 Å². The fraction of sp³-hybridized carbons (Fsp3) is 0.818. The molecule has 2 amide bonds. The van der Waals surface area contributed by atoms with E-state index in [1.165, 1.54) is 0 Å². The fourth-order valence-electron chi connectivity index (χ4n) is 2.03. The second kappa shape index (κ2) is 6.74. The van der Waals surface area contributed by atoms with Crippen molar-refractivity contribution < 1.29 is 9.59 Å². The first-order chi connectivity index (χ1) is 7.70. The van der Waals surface area contributed by atoms with Crippen molar-refractivity contribution in [3.63, 3.8) is 0 Å². The van der Waals surface area contributed by atoms with Gasteiger partial charge in [-0.05, 0) is 25.7 Å². The molecule has 0 aromatic carbocycles. The highest BCUT2D eigenvalue weighted by Crippen LogP contribution is 2.18. The van der Waals surface area contributed by atoms with Gasteiger partial charge in [-0.25, -0.2) is 0 Å². The van der Waals surface area contributed by atoms with Crippen LogP contribution in [0.2, 0.25) is 0 Å². The van der Waals surface area contributed by atoms with Gasteiger partial charge in [0.15, 0.2) is 0 Å². The molecule has 0 aromatic heterocycles. The zero-order valence-electron chi connectivity index (χ0n) is 9.67. The summed E-state index contributed by atoms with van der Waals surface area (Å²) in [7, 11) is 1.61. The largest absolute Gasteiger partial charge is 0.357 e. The Morgan fingerprint density at radius 2 is 2.19 bits per heavy atom. The number of nitrogens with zero attached hydrogens (tertiary/aromatic N) is 1. The first-order valence-electron chi connectivity index (χ1n) is 5.77. The number of halogens is 1. The number of likely N-dealkylation sites (N-methyl/N-ethyl adjacent to an activating group) is 1. The molecular formula is C11H19ClN2O2. The van der Waals surface area contributed by atoms with Crippen LogP contribution in [0, 0.1) is 0 Å². The molecule has 4 nitrogen and oxygen atoms in total. The van der Waals surface area contributed by atoms with Gasteiger partial charge < -0.3 is 10.2 Å². The monoisotopic (exact) mass is 246 g/mol. The fourth-order valence-corrected chi connectivity index (χ4v) is 2.16. The predicted octanol–water partition coefficient (Wildman–Crippen LogP) is 1.13. The molecule has 1 saturated heterocycles. The summed E-state index contributed by atoms with van der Waals surface area (Å²) in [5.41, 5.74) is 0. The topological polar surface area (TPSA) is 49.4 Å². The van der Waals surface area contributed by atoms with Crippen LogP contribution < -0.4 is 5.32 Å². The molecule has 5 heteroatoms. The van der Waals surface area contributed by atoms with Crippen LogP contribution in [0.3, 0.4) is 0 Å². The van der Waals surface area contributed by atoms with E-state index in [9.17, 15) is 9.59 Å². The average Bonchev–Trinajstić information content (AvgIpc) is 2.35. The smallest absolute Gasteiger partial charge is 0.242 e. The number of amides is 2. The summed E-state index contributed by atoms with van der Waals surface area (Å²) < 4.78 is 0. The Kier molecular flexibility index (Phi) is 5.60. The Bertz CT molecular complexity index is 258. The zero-order valence-corrected chi connectivity index (χ0v) is 10.4. The summed E-state index contributed by atoms with van der Waals surface area (Å²) in [5.74, 6) is 0.484. The third-order valence-corrected chi connectivity index (χ3v) is 3.16. The molecule has 0 saturated carbocycles. The van der Waals surface area contributed by atoms with Crippen LogP contribution in [0.25, 0.3) is 0 Å². The molecule has 1 atom stereocenters. The molecule has 1 N–H and O–H groups in total. The molecule has 0 bridgehead atoms. The number of hydrogen-bond acceptors (Lipinski definition) is 2. The molecule has 16 heavy (non-hydrogen) atoms. The van der Waals surface area contributed by atoms with Crippen molar-refractivity contribution in [1.29, 1.82) is 0 Å². The standard InChI is InChI=1S/C11H19ClN2O2/c1-13-11(16)9-5-2-3-8-14(9)10(15)6-4-7-12/h9H,2-8H2,1H3,(H,13,16). The second-order valence-corrected chi connectivity index (χ2v) is 4.38. The molecule has 1 aliphatic heterocycles. The number of carbonyl (C=O) groups is 2. The Morgan fingerprint density at radius 3 is 2.81 bits per heavy atom. The van der Waals surface area contributed by atoms with Crippen LogP contribution in [-0.4, -0.2) is 42.2 Å². The Hall–Kier alpha value is -0.770. The number of alkyl halides is 1. The van der Waals surface area contributed by atoms with Crippen molar-refractivity contribution in [2.45, 2.75) is 38.1 Å². The minimum absolute atomic E-state index is 0.0500. The SMILES string of the molecule is CNC(=O)C1CCCCN1C(=O)CCCCl. The van der Waals surface area contributed by atoms with E-state index in [0.29, 0.717) is 25.3 Å². The van der Waals surface area contributed by atoms with Crippen molar-refractivity contribution in [3.8, 4) is 0 Å². The lowest BCUT2D eigenvalue weighted by Crippen LogP contribution is -2.51. The van der Waals surface area contributed by atoms with Gasteiger partial charge in [0, 0.05) is 25.9 Å². The minimum Gasteiger partial charge on any atom is -0.357 e. The van der Waals surface area contributed by atoms with E-state index in [2.05, 4.69) is 5.32 Å². The maximum Gasteiger partial charge on any atom is 0.242 e. The molecule has 1 rings (SSSR count). The molecule has 1 aliphatic rings. The van der Waals surface area contributed by atoms with Crippen LogP contribution in [0.5, 0.6) is 0 Å². The Balaban J connectivity index is 2.59. The summed E-state index contributed by atoms with van der Waals surface area (Å²) in [5, 5.41) is 2.62. The maximum absolute atomic E-state index is 11.9.